The van der Waals surface area contributed by atoms with Gasteiger partial charge in [0.2, 0.25) is 5.95 Å². The molecule has 4 nitrogen and oxygen atoms in total. The van der Waals surface area contributed by atoms with Crippen molar-refractivity contribution in [1.29, 1.82) is 0 Å². The fourth-order valence-electron chi connectivity index (χ4n) is 3.35. The van der Waals surface area contributed by atoms with Gasteiger partial charge in [-0.15, -0.1) is 11.3 Å². The lowest BCUT2D eigenvalue weighted by molar-refractivity contribution is 1.23. The number of rotatable bonds is 4. The molecule has 6 heteroatoms. The predicted octanol–water partition coefficient (Wildman–Crippen LogP) is 7.11. The number of nitrogens with zero attached hydrogens (tertiary/aromatic N) is 2. The third kappa shape index (κ3) is 3.79. The second kappa shape index (κ2) is 7.89. The summed E-state index contributed by atoms with van der Waals surface area (Å²) in [6, 6.07) is 28.9. The molecule has 0 bridgehead atoms. The molecule has 0 aliphatic heterocycles. The third-order valence-electron chi connectivity index (χ3n) is 4.75. The zero-order valence-corrected chi connectivity index (χ0v) is 18.2. The topological polar surface area (TPSA) is 63.8 Å². The van der Waals surface area contributed by atoms with Crippen LogP contribution in [0.1, 0.15) is 0 Å². The monoisotopic (exact) mass is 472 g/mol. The number of fused-ring (bicyclic) bond motifs is 1. The van der Waals surface area contributed by atoms with E-state index in [1.807, 2.05) is 36.4 Å². The first-order valence-corrected chi connectivity index (χ1v) is 11.0. The Hall–Kier alpha value is -3.22. The molecule has 0 unspecified atom stereocenters. The molecule has 0 amide bonds. The number of anilines is 3. The van der Waals surface area contributed by atoms with Crippen molar-refractivity contribution in [2.75, 3.05) is 11.1 Å². The Morgan fingerprint density at radius 3 is 2.37 bits per heavy atom. The van der Waals surface area contributed by atoms with E-state index >= 15 is 0 Å². The number of halogens is 1. The van der Waals surface area contributed by atoms with Gasteiger partial charge >= 0.3 is 0 Å². The highest BCUT2D eigenvalue weighted by Gasteiger charge is 2.11. The van der Waals surface area contributed by atoms with Gasteiger partial charge in [0, 0.05) is 25.3 Å². The van der Waals surface area contributed by atoms with Crippen molar-refractivity contribution in [3.05, 3.63) is 89.4 Å². The summed E-state index contributed by atoms with van der Waals surface area (Å²) in [5.41, 5.74) is 10.0. The highest BCUT2D eigenvalue weighted by Crippen LogP contribution is 2.36. The maximum atomic E-state index is 5.96. The second-order valence-electron chi connectivity index (χ2n) is 6.83. The summed E-state index contributed by atoms with van der Waals surface area (Å²) in [7, 11) is 0. The van der Waals surface area contributed by atoms with Crippen LogP contribution in [0.3, 0.4) is 0 Å². The summed E-state index contributed by atoms with van der Waals surface area (Å²) >= 11 is 5.28. The van der Waals surface area contributed by atoms with Crippen LogP contribution in [0, 0.1) is 0 Å². The quantitative estimate of drug-likeness (QED) is 0.292. The minimum Gasteiger partial charge on any atom is -0.368 e. The molecule has 0 aliphatic carbocycles. The van der Waals surface area contributed by atoms with Gasteiger partial charge in [0.25, 0.3) is 0 Å². The summed E-state index contributed by atoms with van der Waals surface area (Å²) < 4.78 is 0.992. The first-order chi connectivity index (χ1) is 14.7. The van der Waals surface area contributed by atoms with Crippen LogP contribution in [0.5, 0.6) is 0 Å². The van der Waals surface area contributed by atoms with E-state index in [4.69, 9.17) is 5.73 Å². The second-order valence-corrected chi connectivity index (χ2v) is 8.83. The lowest BCUT2D eigenvalue weighted by Gasteiger charge is -2.11. The van der Waals surface area contributed by atoms with E-state index in [1.165, 1.54) is 15.3 Å². The van der Waals surface area contributed by atoms with Crippen molar-refractivity contribution in [3.8, 4) is 20.9 Å². The van der Waals surface area contributed by atoms with Crippen LogP contribution in [0.4, 0.5) is 17.5 Å². The summed E-state index contributed by atoms with van der Waals surface area (Å²) in [6.07, 6.45) is 0. The smallest absolute Gasteiger partial charge is 0.222 e. The summed E-state index contributed by atoms with van der Waals surface area (Å²) in [6.45, 7) is 0. The number of hydrogen-bond acceptors (Lipinski definition) is 5. The molecular weight excluding hydrogens is 456 g/mol. The highest BCUT2D eigenvalue weighted by atomic mass is 79.9. The molecule has 0 saturated heterocycles. The largest absolute Gasteiger partial charge is 0.368 e. The number of nitrogens with two attached hydrogens (primary N) is 1. The zero-order chi connectivity index (χ0) is 20.5. The minimum atomic E-state index is 0.246. The molecule has 0 saturated carbocycles. The maximum absolute atomic E-state index is 5.96. The van der Waals surface area contributed by atoms with Crippen LogP contribution in [0.2, 0.25) is 0 Å². The summed E-state index contributed by atoms with van der Waals surface area (Å²) in [5.74, 6) is 0.938. The van der Waals surface area contributed by atoms with Crippen LogP contribution in [0.15, 0.2) is 89.4 Å². The summed E-state index contributed by atoms with van der Waals surface area (Å²) in [5, 5.41) is 4.31. The molecule has 0 radical (unpaired) electrons. The van der Waals surface area contributed by atoms with Gasteiger partial charge in [-0.2, -0.15) is 4.98 Å². The number of thiophene rings is 1. The first kappa shape index (κ1) is 18.8. The number of nitrogens with one attached hydrogen (secondary N) is 1. The van der Waals surface area contributed by atoms with Crippen LogP contribution in [-0.4, -0.2) is 9.97 Å². The SMILES string of the molecule is Nc1nc(Nc2cccc(Br)c2)c2cc(-c3ccc(-c4ccccc4)s3)ccc2n1. The van der Waals surface area contributed by atoms with E-state index in [-0.39, 0.29) is 5.95 Å². The number of aromatic nitrogens is 2. The van der Waals surface area contributed by atoms with E-state index in [0.29, 0.717) is 5.82 Å². The molecule has 2 aromatic heterocycles. The normalized spacial score (nSPS) is 11.0. The molecule has 3 N–H and O–H groups in total. The van der Waals surface area contributed by atoms with Crippen LogP contribution < -0.4 is 11.1 Å². The van der Waals surface area contributed by atoms with E-state index in [2.05, 4.69) is 79.7 Å². The lowest BCUT2D eigenvalue weighted by Crippen LogP contribution is -2.01. The third-order valence-corrected chi connectivity index (χ3v) is 6.43. The minimum absolute atomic E-state index is 0.246. The van der Waals surface area contributed by atoms with E-state index in [0.717, 1.165) is 26.6 Å². The predicted molar refractivity (Wildman–Crippen MR) is 130 cm³/mol. The van der Waals surface area contributed by atoms with Crippen LogP contribution >= 0.6 is 27.3 Å². The lowest BCUT2D eigenvalue weighted by atomic mass is 10.1. The number of hydrogen-bond donors (Lipinski definition) is 2. The Kier molecular flexibility index (Phi) is 4.94. The summed E-state index contributed by atoms with van der Waals surface area (Å²) in [4.78, 5) is 11.3. The van der Waals surface area contributed by atoms with Crippen molar-refractivity contribution in [3.63, 3.8) is 0 Å². The number of nitrogen functional groups attached to an aromatic ring is 1. The molecule has 0 spiro atoms. The van der Waals surface area contributed by atoms with Crippen molar-refractivity contribution in [2.45, 2.75) is 0 Å². The molecule has 0 atom stereocenters. The first-order valence-electron chi connectivity index (χ1n) is 9.41. The van der Waals surface area contributed by atoms with Gasteiger partial charge in [-0.25, -0.2) is 4.98 Å². The Morgan fingerprint density at radius 2 is 1.57 bits per heavy atom. The highest BCUT2D eigenvalue weighted by molar-refractivity contribution is 9.10. The molecule has 5 aromatic rings. The molecule has 30 heavy (non-hydrogen) atoms. The number of benzene rings is 3. The Morgan fingerprint density at radius 1 is 0.767 bits per heavy atom. The van der Waals surface area contributed by atoms with E-state index in [1.54, 1.807) is 11.3 Å². The Balaban J connectivity index is 1.57. The zero-order valence-electron chi connectivity index (χ0n) is 15.8. The Bertz CT molecular complexity index is 1350. The molecule has 0 fully saturated rings. The molecular formula is C24H17BrN4S. The standard InChI is InChI=1S/C24H17BrN4S/c25-17-7-4-8-18(14-17)27-23-19-13-16(9-10-20(19)28-24(26)29-23)22-12-11-21(30-22)15-5-2-1-3-6-15/h1-14H,(H3,26,27,28,29). The van der Waals surface area contributed by atoms with Crippen molar-refractivity contribution in [2.24, 2.45) is 0 Å². The average molecular weight is 473 g/mol. The maximum Gasteiger partial charge on any atom is 0.222 e. The van der Waals surface area contributed by atoms with E-state index in [9.17, 15) is 0 Å². The molecule has 3 aromatic carbocycles. The van der Waals surface area contributed by atoms with Crippen LogP contribution in [-0.2, 0) is 0 Å². The Labute approximate surface area is 186 Å². The van der Waals surface area contributed by atoms with Gasteiger partial charge in [-0.05, 0) is 53.6 Å². The van der Waals surface area contributed by atoms with Gasteiger partial charge in [-0.1, -0.05) is 58.4 Å². The van der Waals surface area contributed by atoms with Gasteiger partial charge in [0.15, 0.2) is 0 Å². The molecule has 2 heterocycles. The van der Waals surface area contributed by atoms with Gasteiger partial charge in [0.1, 0.15) is 5.82 Å². The van der Waals surface area contributed by atoms with E-state index < -0.39 is 0 Å². The molecule has 146 valence electrons. The van der Waals surface area contributed by atoms with Gasteiger partial charge in [0.05, 0.1) is 5.52 Å². The van der Waals surface area contributed by atoms with Gasteiger partial charge in [-0.3, -0.25) is 0 Å². The van der Waals surface area contributed by atoms with Crippen LogP contribution in [0.25, 0.3) is 31.8 Å². The average Bonchev–Trinajstić information content (AvgIpc) is 3.24. The van der Waals surface area contributed by atoms with Gasteiger partial charge < -0.3 is 11.1 Å². The fourth-order valence-corrected chi connectivity index (χ4v) is 4.76. The fraction of sp³-hybridized carbons (Fsp3) is 0. The molecule has 5 rings (SSSR count). The van der Waals surface area contributed by atoms with Crippen molar-refractivity contribution < 1.29 is 0 Å². The molecule has 0 aliphatic rings. The van der Waals surface area contributed by atoms with Crippen molar-refractivity contribution in [1.82, 2.24) is 9.97 Å². The van der Waals surface area contributed by atoms with Crippen molar-refractivity contribution >= 4 is 55.6 Å².